The molecule has 3 saturated heterocycles. The van der Waals surface area contributed by atoms with Crippen molar-refractivity contribution in [1.29, 1.82) is 5.26 Å². The third-order valence-corrected chi connectivity index (χ3v) is 12.5. The summed E-state index contributed by atoms with van der Waals surface area (Å²) in [6, 6.07) is 19.6. The molecule has 4 aliphatic heterocycles. The lowest BCUT2D eigenvalue weighted by atomic mass is 9.92. The molecule has 8 rings (SSSR count). The van der Waals surface area contributed by atoms with E-state index in [0.717, 1.165) is 101 Å². The van der Waals surface area contributed by atoms with Gasteiger partial charge in [0.05, 0.1) is 27.8 Å². The highest BCUT2D eigenvalue weighted by Crippen LogP contribution is 2.32. The molecule has 57 heavy (non-hydrogen) atoms. The number of rotatable bonds is 9. The van der Waals surface area contributed by atoms with E-state index < -0.39 is 29.7 Å². The van der Waals surface area contributed by atoms with E-state index in [4.69, 9.17) is 21.6 Å². The quantitative estimate of drug-likeness (QED) is 0.290. The third kappa shape index (κ3) is 8.34. The molecular weight excluding hydrogens is 746 g/mol. The molecule has 2 N–H and O–H groups in total. The van der Waals surface area contributed by atoms with Gasteiger partial charge in [-0.25, -0.2) is 0 Å². The van der Waals surface area contributed by atoms with Gasteiger partial charge < -0.3 is 19.9 Å². The van der Waals surface area contributed by atoms with Crippen LogP contribution in [-0.2, 0) is 9.59 Å². The number of hydrogen-bond acceptors (Lipinski definition) is 10. The Kier molecular flexibility index (Phi) is 11.2. The summed E-state index contributed by atoms with van der Waals surface area (Å²) >= 11 is 6.15. The molecule has 1 unspecified atom stereocenters. The fourth-order valence-corrected chi connectivity index (χ4v) is 9.07. The van der Waals surface area contributed by atoms with Crippen molar-refractivity contribution in [3.05, 3.63) is 87.9 Å². The molecule has 296 valence electrons. The molecule has 3 aromatic carbocycles. The minimum absolute atomic E-state index is 0.0463. The number of fused-ring (bicyclic) bond motifs is 1. The molecule has 0 bridgehead atoms. The summed E-state index contributed by atoms with van der Waals surface area (Å²) in [7, 11) is 0. The maximum absolute atomic E-state index is 13.3. The first-order valence-corrected chi connectivity index (χ1v) is 20.4. The Morgan fingerprint density at radius 1 is 0.789 bits per heavy atom. The van der Waals surface area contributed by atoms with Gasteiger partial charge in [0.1, 0.15) is 17.9 Å². The SMILES string of the molecule is N#Cc1ccc(O[C@H]2CC[C@@H](NC(=O)c3ccc(N4CCC(CN5CCN(c6ccc7c(c6)C(=O)N(C6CCC(=O)NC6=O)C7=O)CC5)CC4)cc3)CC2)cc1Cl. The van der Waals surface area contributed by atoms with Crippen molar-refractivity contribution in [3.8, 4) is 11.8 Å². The number of hydrogen-bond donors (Lipinski definition) is 2. The molecule has 1 saturated carbocycles. The molecule has 0 radical (unpaired) electrons. The number of imide groups is 2. The summed E-state index contributed by atoms with van der Waals surface area (Å²) < 4.78 is 6.10. The lowest BCUT2D eigenvalue weighted by molar-refractivity contribution is -0.136. The Morgan fingerprint density at radius 2 is 1.47 bits per heavy atom. The zero-order valence-corrected chi connectivity index (χ0v) is 32.5. The van der Waals surface area contributed by atoms with Crippen molar-refractivity contribution in [2.24, 2.45) is 5.92 Å². The van der Waals surface area contributed by atoms with Crippen molar-refractivity contribution in [2.75, 3.05) is 55.6 Å². The lowest BCUT2D eigenvalue weighted by Gasteiger charge is -2.40. The minimum Gasteiger partial charge on any atom is -0.490 e. The van der Waals surface area contributed by atoms with Gasteiger partial charge in [-0.15, -0.1) is 0 Å². The fourth-order valence-electron chi connectivity index (χ4n) is 8.85. The molecular formula is C43H46ClN7O6. The second-order valence-electron chi connectivity index (χ2n) is 15.8. The maximum atomic E-state index is 13.3. The van der Waals surface area contributed by atoms with E-state index in [-0.39, 0.29) is 30.9 Å². The Morgan fingerprint density at radius 3 is 2.16 bits per heavy atom. The Hall–Kier alpha value is -5.45. The number of nitriles is 1. The van der Waals surface area contributed by atoms with Gasteiger partial charge in [0.15, 0.2) is 0 Å². The molecule has 4 heterocycles. The molecule has 0 aromatic heterocycles. The number of carbonyl (C=O) groups excluding carboxylic acids is 5. The first-order valence-electron chi connectivity index (χ1n) is 20.0. The fraction of sp³-hybridized carbons (Fsp3) is 0.442. The predicted molar refractivity (Wildman–Crippen MR) is 213 cm³/mol. The average molecular weight is 792 g/mol. The number of halogens is 1. The van der Waals surface area contributed by atoms with Crippen molar-refractivity contribution >= 4 is 52.5 Å². The van der Waals surface area contributed by atoms with Gasteiger partial charge in [0.25, 0.3) is 17.7 Å². The molecule has 5 aliphatic rings. The summed E-state index contributed by atoms with van der Waals surface area (Å²) in [6.07, 6.45) is 5.78. The van der Waals surface area contributed by atoms with Crippen LogP contribution in [0.25, 0.3) is 0 Å². The number of carbonyl (C=O) groups is 5. The van der Waals surface area contributed by atoms with E-state index in [2.05, 4.69) is 43.5 Å². The number of amides is 5. The molecule has 14 heteroatoms. The largest absolute Gasteiger partial charge is 0.490 e. The minimum atomic E-state index is -0.971. The van der Waals surface area contributed by atoms with Gasteiger partial charge in [-0.3, -0.25) is 39.1 Å². The summed E-state index contributed by atoms with van der Waals surface area (Å²) in [4.78, 5) is 71.7. The standard InChI is InChI=1S/C43H46ClN7O6/c44-37-24-34(9-3-29(37)25-45)57-33-10-4-30(5-11-33)46-40(53)28-1-6-31(7-2-28)49-17-15-27(16-18-49)26-48-19-21-50(22-20-48)32-8-12-35-36(23-32)43(56)51(42(35)55)38-13-14-39(52)47-41(38)54/h1-3,6-9,12,23-24,27,30,33,38H,4-5,10-11,13-22,26H2,(H,46,53)(H,47,52,54)/t30-,33+,38?. The summed E-state index contributed by atoms with van der Waals surface area (Å²) in [5.41, 5.74) is 3.71. The first-order chi connectivity index (χ1) is 27.6. The second kappa shape index (κ2) is 16.6. The monoisotopic (exact) mass is 791 g/mol. The average Bonchev–Trinajstić information content (AvgIpc) is 3.47. The van der Waals surface area contributed by atoms with Crippen LogP contribution < -0.4 is 25.2 Å². The van der Waals surface area contributed by atoms with Crippen LogP contribution in [0.15, 0.2) is 60.7 Å². The van der Waals surface area contributed by atoms with Crippen LogP contribution in [0.2, 0.25) is 5.02 Å². The van der Waals surface area contributed by atoms with Crippen molar-refractivity contribution in [1.82, 2.24) is 20.4 Å². The van der Waals surface area contributed by atoms with Crippen molar-refractivity contribution in [3.63, 3.8) is 0 Å². The number of nitrogens with one attached hydrogen (secondary N) is 2. The Balaban J connectivity index is 0.753. The van der Waals surface area contributed by atoms with Gasteiger partial charge in [0.2, 0.25) is 11.8 Å². The normalized spacial score (nSPS) is 23.2. The number of nitrogens with zero attached hydrogens (tertiary/aromatic N) is 5. The number of piperazine rings is 1. The van der Waals surface area contributed by atoms with Crippen LogP contribution >= 0.6 is 11.6 Å². The molecule has 1 aliphatic carbocycles. The van der Waals surface area contributed by atoms with Crippen LogP contribution in [-0.4, -0.2) is 103 Å². The zero-order chi connectivity index (χ0) is 39.6. The highest BCUT2D eigenvalue weighted by molar-refractivity contribution is 6.31. The first kappa shape index (κ1) is 38.4. The summed E-state index contributed by atoms with van der Waals surface area (Å²) in [5, 5.41) is 14.9. The summed E-state index contributed by atoms with van der Waals surface area (Å²) in [5.74, 6) is -0.768. The van der Waals surface area contributed by atoms with E-state index in [9.17, 15) is 24.0 Å². The van der Waals surface area contributed by atoms with Gasteiger partial charge in [-0.1, -0.05) is 11.6 Å². The van der Waals surface area contributed by atoms with E-state index >= 15 is 0 Å². The summed E-state index contributed by atoms with van der Waals surface area (Å²) in [6.45, 7) is 6.39. The van der Waals surface area contributed by atoms with E-state index in [1.54, 1.807) is 30.3 Å². The molecule has 5 amide bonds. The van der Waals surface area contributed by atoms with Crippen LogP contribution in [0, 0.1) is 17.2 Å². The molecule has 0 spiro atoms. The molecule has 4 fully saturated rings. The Bertz CT molecular complexity index is 2100. The highest BCUT2D eigenvalue weighted by Gasteiger charge is 2.45. The van der Waals surface area contributed by atoms with E-state index in [0.29, 0.717) is 38.9 Å². The van der Waals surface area contributed by atoms with Gasteiger partial charge in [-0.2, -0.15) is 5.26 Å². The number of piperidine rings is 2. The van der Waals surface area contributed by atoms with Crippen molar-refractivity contribution in [2.45, 2.75) is 69.6 Å². The number of benzene rings is 3. The smallest absolute Gasteiger partial charge is 0.262 e. The topological polar surface area (TPSA) is 155 Å². The van der Waals surface area contributed by atoms with Crippen molar-refractivity contribution < 1.29 is 28.7 Å². The van der Waals surface area contributed by atoms with Gasteiger partial charge >= 0.3 is 0 Å². The Labute approximate surface area is 336 Å². The molecule has 1 atom stereocenters. The van der Waals surface area contributed by atoms with Gasteiger partial charge in [0, 0.05) is 81.3 Å². The third-order valence-electron chi connectivity index (χ3n) is 12.2. The van der Waals surface area contributed by atoms with Crippen LogP contribution in [0.4, 0.5) is 11.4 Å². The van der Waals surface area contributed by atoms with Crippen LogP contribution in [0.3, 0.4) is 0 Å². The van der Waals surface area contributed by atoms with E-state index in [1.807, 2.05) is 18.2 Å². The number of anilines is 2. The second-order valence-corrected chi connectivity index (χ2v) is 16.2. The zero-order valence-electron chi connectivity index (χ0n) is 31.8. The predicted octanol–water partition coefficient (Wildman–Crippen LogP) is 4.77. The molecule has 3 aromatic rings. The highest BCUT2D eigenvalue weighted by atomic mass is 35.5. The van der Waals surface area contributed by atoms with Crippen LogP contribution in [0.1, 0.15) is 88.0 Å². The maximum Gasteiger partial charge on any atom is 0.262 e. The lowest BCUT2D eigenvalue weighted by Crippen LogP contribution is -2.54. The molecule has 13 nitrogen and oxygen atoms in total. The van der Waals surface area contributed by atoms with Gasteiger partial charge in [-0.05, 0) is 105 Å². The van der Waals surface area contributed by atoms with Crippen LogP contribution in [0.5, 0.6) is 5.75 Å². The van der Waals surface area contributed by atoms with E-state index in [1.165, 1.54) is 0 Å². The number of ether oxygens (including phenoxy) is 1.